The number of halogens is 1. The van der Waals surface area contributed by atoms with Crippen molar-refractivity contribution in [3.63, 3.8) is 0 Å². The maximum atomic E-state index is 5.97. The lowest BCUT2D eigenvalue weighted by Gasteiger charge is -2.32. The first-order valence-corrected chi connectivity index (χ1v) is 7.23. The summed E-state index contributed by atoms with van der Waals surface area (Å²) >= 11 is 3.52. The first-order chi connectivity index (χ1) is 9.19. The molecule has 1 unspecified atom stereocenters. The Morgan fingerprint density at radius 1 is 1.32 bits per heavy atom. The number of hydrogen-bond donors (Lipinski definition) is 1. The average molecular weight is 323 g/mol. The lowest BCUT2D eigenvalue weighted by Crippen LogP contribution is -2.34. The molecule has 0 saturated heterocycles. The first kappa shape index (κ1) is 14.2. The van der Waals surface area contributed by atoms with Crippen molar-refractivity contribution in [2.75, 3.05) is 18.0 Å². The summed E-state index contributed by atoms with van der Waals surface area (Å²) in [4.78, 5) is 2.28. The summed E-state index contributed by atoms with van der Waals surface area (Å²) in [5.74, 6) is 0.882. The van der Waals surface area contributed by atoms with Crippen LogP contribution in [0.15, 0.2) is 45.5 Å². The molecular formula is C15H19BrN2O. The van der Waals surface area contributed by atoms with Crippen LogP contribution in [0.4, 0.5) is 5.69 Å². The van der Waals surface area contributed by atoms with E-state index in [2.05, 4.69) is 52.9 Å². The van der Waals surface area contributed by atoms with E-state index in [0.717, 1.165) is 16.8 Å². The zero-order chi connectivity index (χ0) is 13.8. The summed E-state index contributed by atoms with van der Waals surface area (Å²) < 4.78 is 6.56. The van der Waals surface area contributed by atoms with Crippen LogP contribution in [-0.2, 0) is 0 Å². The van der Waals surface area contributed by atoms with Gasteiger partial charge in [-0.05, 0) is 47.5 Å². The van der Waals surface area contributed by atoms with Crippen molar-refractivity contribution < 1.29 is 4.42 Å². The van der Waals surface area contributed by atoms with Gasteiger partial charge >= 0.3 is 0 Å². The number of benzene rings is 1. The molecule has 2 aromatic rings. The van der Waals surface area contributed by atoms with Crippen molar-refractivity contribution >= 4 is 21.6 Å². The van der Waals surface area contributed by atoms with Crippen LogP contribution in [-0.4, -0.2) is 13.1 Å². The predicted octanol–water partition coefficient (Wildman–Crippen LogP) is 3.88. The summed E-state index contributed by atoms with van der Waals surface area (Å²) in [6.45, 7) is 5.63. The average Bonchev–Trinajstić information content (AvgIpc) is 2.83. The van der Waals surface area contributed by atoms with Gasteiger partial charge in [0, 0.05) is 18.8 Å². The molecule has 1 heterocycles. The molecular weight excluding hydrogens is 304 g/mol. The minimum atomic E-state index is 0.0375. The van der Waals surface area contributed by atoms with E-state index in [-0.39, 0.29) is 6.04 Å². The zero-order valence-corrected chi connectivity index (χ0v) is 12.9. The smallest absolute Gasteiger partial charge is 0.141 e. The molecule has 0 radical (unpaired) electrons. The molecule has 4 heteroatoms. The topological polar surface area (TPSA) is 42.4 Å². The highest BCUT2D eigenvalue weighted by molar-refractivity contribution is 9.10. The van der Waals surface area contributed by atoms with Crippen LogP contribution >= 0.6 is 15.9 Å². The quantitative estimate of drug-likeness (QED) is 0.908. The third-order valence-corrected chi connectivity index (χ3v) is 3.97. The molecule has 3 nitrogen and oxygen atoms in total. The number of aryl methyl sites for hydroxylation is 1. The number of furan rings is 1. The summed E-state index contributed by atoms with van der Waals surface area (Å²) in [7, 11) is 0. The molecule has 0 amide bonds. The van der Waals surface area contributed by atoms with Crippen LogP contribution in [0, 0.1) is 6.92 Å². The standard InChI is InChI=1S/C15H19BrN2O/c1-3-18(13-7-5-4-6-11(13)2)14(10-17)15-12(16)8-9-19-15/h4-9,14H,3,10,17H2,1-2H3. The molecule has 0 spiro atoms. The van der Waals surface area contributed by atoms with Crippen molar-refractivity contribution in [1.29, 1.82) is 0 Å². The Morgan fingerprint density at radius 3 is 2.58 bits per heavy atom. The van der Waals surface area contributed by atoms with Crippen LogP contribution in [0.25, 0.3) is 0 Å². The van der Waals surface area contributed by atoms with Gasteiger partial charge in [0.15, 0.2) is 0 Å². The second kappa shape index (κ2) is 6.26. The molecule has 0 saturated carbocycles. The van der Waals surface area contributed by atoms with E-state index < -0.39 is 0 Å². The van der Waals surface area contributed by atoms with Gasteiger partial charge in [-0.15, -0.1) is 0 Å². The fraction of sp³-hybridized carbons (Fsp3) is 0.333. The first-order valence-electron chi connectivity index (χ1n) is 6.44. The lowest BCUT2D eigenvalue weighted by atomic mass is 10.1. The number of nitrogens with two attached hydrogens (primary N) is 1. The Kier molecular flexibility index (Phi) is 4.66. The molecule has 1 atom stereocenters. The zero-order valence-electron chi connectivity index (χ0n) is 11.3. The van der Waals surface area contributed by atoms with E-state index in [0.29, 0.717) is 6.54 Å². The van der Waals surface area contributed by atoms with Crippen LogP contribution in [0.2, 0.25) is 0 Å². The molecule has 2 N–H and O–H groups in total. The summed E-state index contributed by atoms with van der Waals surface area (Å²) in [6, 6.07) is 10.3. The molecule has 102 valence electrons. The molecule has 2 rings (SSSR count). The highest BCUT2D eigenvalue weighted by Crippen LogP contribution is 2.33. The second-order valence-corrected chi connectivity index (χ2v) is 5.31. The number of nitrogens with zero attached hydrogens (tertiary/aromatic N) is 1. The van der Waals surface area contributed by atoms with Gasteiger partial charge in [0.05, 0.1) is 10.7 Å². The highest BCUT2D eigenvalue weighted by atomic mass is 79.9. The van der Waals surface area contributed by atoms with E-state index >= 15 is 0 Å². The minimum Gasteiger partial charge on any atom is -0.466 e. The van der Waals surface area contributed by atoms with Gasteiger partial charge in [0.1, 0.15) is 11.8 Å². The van der Waals surface area contributed by atoms with E-state index in [4.69, 9.17) is 10.2 Å². The van der Waals surface area contributed by atoms with Crippen molar-refractivity contribution in [3.8, 4) is 0 Å². The van der Waals surface area contributed by atoms with E-state index in [1.807, 2.05) is 12.1 Å². The third-order valence-electron chi connectivity index (χ3n) is 3.31. The molecule has 1 aromatic carbocycles. The minimum absolute atomic E-state index is 0.0375. The fourth-order valence-electron chi connectivity index (χ4n) is 2.36. The number of rotatable bonds is 5. The number of anilines is 1. The van der Waals surface area contributed by atoms with E-state index in [1.54, 1.807) is 6.26 Å². The fourth-order valence-corrected chi connectivity index (χ4v) is 2.83. The molecule has 0 aliphatic carbocycles. The van der Waals surface area contributed by atoms with Gasteiger partial charge in [0.25, 0.3) is 0 Å². The highest BCUT2D eigenvalue weighted by Gasteiger charge is 2.24. The maximum absolute atomic E-state index is 5.97. The summed E-state index contributed by atoms with van der Waals surface area (Å²) in [5, 5.41) is 0. The molecule has 0 aliphatic rings. The van der Waals surface area contributed by atoms with Crippen molar-refractivity contribution in [1.82, 2.24) is 0 Å². The Labute approximate surface area is 122 Å². The van der Waals surface area contributed by atoms with Gasteiger partial charge < -0.3 is 15.1 Å². The van der Waals surface area contributed by atoms with Crippen LogP contribution in [0.5, 0.6) is 0 Å². The summed E-state index contributed by atoms with van der Waals surface area (Å²) in [6.07, 6.45) is 1.69. The molecule has 0 aliphatic heterocycles. The van der Waals surface area contributed by atoms with Crippen LogP contribution in [0.1, 0.15) is 24.3 Å². The normalized spacial score (nSPS) is 12.4. The lowest BCUT2D eigenvalue weighted by molar-refractivity contribution is 0.450. The van der Waals surface area contributed by atoms with Crippen LogP contribution in [0.3, 0.4) is 0 Å². The van der Waals surface area contributed by atoms with E-state index in [9.17, 15) is 0 Å². The summed E-state index contributed by atoms with van der Waals surface area (Å²) in [5.41, 5.74) is 8.41. The SMILES string of the molecule is CCN(c1ccccc1C)C(CN)c1occc1Br. The Balaban J connectivity index is 2.40. The third kappa shape index (κ3) is 2.85. The Hall–Kier alpha value is -1.26. The number of hydrogen-bond acceptors (Lipinski definition) is 3. The molecule has 0 fully saturated rings. The molecule has 0 bridgehead atoms. The molecule has 19 heavy (non-hydrogen) atoms. The van der Waals surface area contributed by atoms with Crippen molar-refractivity contribution in [3.05, 3.63) is 52.4 Å². The Bertz CT molecular complexity index is 538. The van der Waals surface area contributed by atoms with Crippen molar-refractivity contribution in [2.24, 2.45) is 5.73 Å². The number of likely N-dealkylation sites (N-methyl/N-ethyl adjacent to an activating group) is 1. The van der Waals surface area contributed by atoms with Crippen LogP contribution < -0.4 is 10.6 Å². The van der Waals surface area contributed by atoms with E-state index in [1.165, 1.54) is 11.3 Å². The van der Waals surface area contributed by atoms with Gasteiger partial charge in [-0.2, -0.15) is 0 Å². The monoisotopic (exact) mass is 322 g/mol. The Morgan fingerprint density at radius 2 is 2.05 bits per heavy atom. The predicted molar refractivity (Wildman–Crippen MR) is 82.4 cm³/mol. The van der Waals surface area contributed by atoms with Gasteiger partial charge in [0.2, 0.25) is 0 Å². The maximum Gasteiger partial charge on any atom is 0.141 e. The second-order valence-electron chi connectivity index (χ2n) is 4.46. The molecule has 1 aromatic heterocycles. The largest absolute Gasteiger partial charge is 0.466 e. The van der Waals surface area contributed by atoms with Crippen molar-refractivity contribution in [2.45, 2.75) is 19.9 Å². The van der Waals surface area contributed by atoms with Gasteiger partial charge in [-0.1, -0.05) is 18.2 Å². The van der Waals surface area contributed by atoms with Gasteiger partial charge in [-0.3, -0.25) is 0 Å². The van der Waals surface area contributed by atoms with Gasteiger partial charge in [-0.25, -0.2) is 0 Å². The number of para-hydroxylation sites is 1.